The summed E-state index contributed by atoms with van der Waals surface area (Å²) < 4.78 is 23.5. The van der Waals surface area contributed by atoms with Gasteiger partial charge in [0.1, 0.15) is 0 Å². The third-order valence-electron chi connectivity index (χ3n) is 2.58. The predicted octanol–water partition coefficient (Wildman–Crippen LogP) is 1.72. The summed E-state index contributed by atoms with van der Waals surface area (Å²) in [5.74, 6) is 0. The number of alkyl halides is 2. The van der Waals surface area contributed by atoms with Crippen LogP contribution in [-0.4, -0.2) is 44.0 Å². The normalized spacial score (nSPS) is 19.1. The topological polar surface area (TPSA) is 15.3 Å². The van der Waals surface area contributed by atoms with Gasteiger partial charge < -0.3 is 10.2 Å². The minimum Gasteiger partial charge on any atom is -0.311 e. The van der Waals surface area contributed by atoms with Crippen molar-refractivity contribution in [3.05, 3.63) is 0 Å². The van der Waals surface area contributed by atoms with Gasteiger partial charge in [0.25, 0.3) is 6.43 Å². The average molecular weight is 206 g/mol. The first-order valence-corrected chi connectivity index (χ1v) is 5.50. The zero-order valence-electron chi connectivity index (χ0n) is 8.64. The van der Waals surface area contributed by atoms with Crippen LogP contribution in [0.2, 0.25) is 0 Å². The van der Waals surface area contributed by atoms with Crippen molar-refractivity contribution in [1.29, 1.82) is 0 Å². The minimum atomic E-state index is -2.22. The maximum absolute atomic E-state index is 11.7. The first kappa shape index (κ1) is 11.9. The highest BCUT2D eigenvalue weighted by Crippen LogP contribution is 2.08. The van der Waals surface area contributed by atoms with Gasteiger partial charge in [-0.05, 0) is 45.4 Å². The lowest BCUT2D eigenvalue weighted by molar-refractivity contribution is 0.145. The van der Waals surface area contributed by atoms with Crippen LogP contribution in [0.3, 0.4) is 0 Å². The molecule has 1 heterocycles. The fourth-order valence-electron chi connectivity index (χ4n) is 1.82. The smallest absolute Gasteiger partial charge is 0.250 e. The van der Waals surface area contributed by atoms with Crippen LogP contribution in [0.4, 0.5) is 8.78 Å². The first-order chi connectivity index (χ1) is 6.79. The SMILES string of the molecule is FC(F)CNCCCN1CCCCC1. The molecule has 0 aromatic heterocycles. The summed E-state index contributed by atoms with van der Waals surface area (Å²) in [7, 11) is 0. The highest BCUT2D eigenvalue weighted by Gasteiger charge is 2.08. The first-order valence-electron chi connectivity index (χ1n) is 5.50. The van der Waals surface area contributed by atoms with E-state index >= 15 is 0 Å². The Labute approximate surface area is 84.7 Å². The third-order valence-corrected chi connectivity index (χ3v) is 2.58. The van der Waals surface area contributed by atoms with E-state index in [2.05, 4.69) is 10.2 Å². The van der Waals surface area contributed by atoms with E-state index in [0.717, 1.165) is 13.0 Å². The minimum absolute atomic E-state index is 0.167. The molecule has 0 unspecified atom stereocenters. The van der Waals surface area contributed by atoms with Crippen LogP contribution >= 0.6 is 0 Å². The maximum atomic E-state index is 11.7. The fourth-order valence-corrected chi connectivity index (χ4v) is 1.82. The molecule has 1 aliphatic heterocycles. The van der Waals surface area contributed by atoms with E-state index in [4.69, 9.17) is 0 Å². The Morgan fingerprint density at radius 3 is 2.50 bits per heavy atom. The Morgan fingerprint density at radius 1 is 1.14 bits per heavy atom. The van der Waals surface area contributed by atoms with Crippen LogP contribution in [-0.2, 0) is 0 Å². The van der Waals surface area contributed by atoms with Gasteiger partial charge in [0.2, 0.25) is 0 Å². The van der Waals surface area contributed by atoms with Gasteiger partial charge in [-0.15, -0.1) is 0 Å². The third kappa shape index (κ3) is 5.50. The fraction of sp³-hybridized carbons (Fsp3) is 1.00. The molecule has 0 aromatic carbocycles. The molecule has 0 spiro atoms. The average Bonchev–Trinajstić information content (AvgIpc) is 2.18. The van der Waals surface area contributed by atoms with E-state index in [1.165, 1.54) is 32.4 Å². The van der Waals surface area contributed by atoms with E-state index < -0.39 is 6.43 Å². The molecule has 0 atom stereocenters. The summed E-state index contributed by atoms with van der Waals surface area (Å²) in [4.78, 5) is 2.42. The van der Waals surface area contributed by atoms with E-state index in [0.29, 0.717) is 6.54 Å². The molecule has 2 nitrogen and oxygen atoms in total. The summed E-state index contributed by atoms with van der Waals surface area (Å²) in [6.07, 6.45) is 2.70. The van der Waals surface area contributed by atoms with Crippen molar-refractivity contribution < 1.29 is 8.78 Å². The monoisotopic (exact) mass is 206 g/mol. The molecule has 0 aliphatic carbocycles. The van der Waals surface area contributed by atoms with Gasteiger partial charge in [-0.1, -0.05) is 6.42 Å². The molecule has 0 bridgehead atoms. The molecule has 14 heavy (non-hydrogen) atoms. The van der Waals surface area contributed by atoms with Crippen LogP contribution in [0.5, 0.6) is 0 Å². The summed E-state index contributed by atoms with van der Waals surface area (Å²) in [5, 5.41) is 2.75. The van der Waals surface area contributed by atoms with Crippen LogP contribution < -0.4 is 5.32 Å². The molecule has 0 radical (unpaired) electrons. The second-order valence-electron chi connectivity index (χ2n) is 3.85. The quantitative estimate of drug-likeness (QED) is 0.666. The molecule has 1 aliphatic rings. The molecular weight excluding hydrogens is 186 g/mol. The van der Waals surface area contributed by atoms with Gasteiger partial charge in [-0.3, -0.25) is 0 Å². The lowest BCUT2D eigenvalue weighted by Crippen LogP contribution is -2.32. The van der Waals surface area contributed by atoms with E-state index in [1.807, 2.05) is 0 Å². The Balaban J connectivity index is 1.87. The summed E-state index contributed by atoms with van der Waals surface area (Å²) in [6.45, 7) is 3.97. The van der Waals surface area contributed by atoms with Gasteiger partial charge in [0.15, 0.2) is 0 Å². The van der Waals surface area contributed by atoms with E-state index in [1.54, 1.807) is 0 Å². The van der Waals surface area contributed by atoms with Crippen molar-refractivity contribution in [2.75, 3.05) is 32.7 Å². The Bertz CT molecular complexity index is 136. The van der Waals surface area contributed by atoms with Crippen LogP contribution in [0.25, 0.3) is 0 Å². The molecule has 84 valence electrons. The van der Waals surface area contributed by atoms with Crippen molar-refractivity contribution in [3.63, 3.8) is 0 Å². The van der Waals surface area contributed by atoms with Gasteiger partial charge in [0.05, 0.1) is 6.54 Å². The number of nitrogens with one attached hydrogen (secondary N) is 1. The van der Waals surface area contributed by atoms with Crippen molar-refractivity contribution >= 4 is 0 Å². The summed E-state index contributed by atoms with van der Waals surface area (Å²) in [5.41, 5.74) is 0. The number of halogens is 2. The van der Waals surface area contributed by atoms with Gasteiger partial charge >= 0.3 is 0 Å². The number of likely N-dealkylation sites (tertiary alicyclic amines) is 1. The molecular formula is C10H20F2N2. The molecule has 0 saturated carbocycles. The van der Waals surface area contributed by atoms with Gasteiger partial charge in [-0.2, -0.15) is 0 Å². The van der Waals surface area contributed by atoms with E-state index in [9.17, 15) is 8.78 Å². The van der Waals surface area contributed by atoms with Gasteiger partial charge in [-0.25, -0.2) is 8.78 Å². The second-order valence-corrected chi connectivity index (χ2v) is 3.85. The molecule has 0 aromatic rings. The summed E-state index contributed by atoms with van der Waals surface area (Å²) >= 11 is 0. The Kier molecular flexibility index (Phi) is 6.03. The number of nitrogens with zero attached hydrogens (tertiary/aromatic N) is 1. The second kappa shape index (κ2) is 7.12. The molecule has 1 saturated heterocycles. The predicted molar refractivity (Wildman–Crippen MR) is 53.8 cm³/mol. The molecule has 4 heteroatoms. The highest BCUT2D eigenvalue weighted by molar-refractivity contribution is 4.64. The van der Waals surface area contributed by atoms with Crippen LogP contribution in [0.15, 0.2) is 0 Å². The molecule has 0 amide bonds. The van der Waals surface area contributed by atoms with Gasteiger partial charge in [0, 0.05) is 0 Å². The summed E-state index contributed by atoms with van der Waals surface area (Å²) in [6, 6.07) is 0. The zero-order chi connectivity index (χ0) is 10.2. The number of piperidine rings is 1. The van der Waals surface area contributed by atoms with Crippen LogP contribution in [0.1, 0.15) is 25.7 Å². The molecule has 1 rings (SSSR count). The molecule has 1 fully saturated rings. The lowest BCUT2D eigenvalue weighted by Gasteiger charge is -2.26. The standard InChI is InChI=1S/C10H20F2N2/c11-10(12)9-13-5-4-8-14-6-2-1-3-7-14/h10,13H,1-9H2. The maximum Gasteiger partial charge on any atom is 0.250 e. The lowest BCUT2D eigenvalue weighted by atomic mass is 10.1. The van der Waals surface area contributed by atoms with Crippen molar-refractivity contribution in [1.82, 2.24) is 10.2 Å². The van der Waals surface area contributed by atoms with Crippen molar-refractivity contribution in [2.45, 2.75) is 32.1 Å². The van der Waals surface area contributed by atoms with Crippen molar-refractivity contribution in [2.24, 2.45) is 0 Å². The number of rotatable bonds is 6. The molecule has 1 N–H and O–H groups in total. The van der Waals surface area contributed by atoms with Crippen molar-refractivity contribution in [3.8, 4) is 0 Å². The Hall–Kier alpha value is -0.220. The largest absolute Gasteiger partial charge is 0.311 e. The highest BCUT2D eigenvalue weighted by atomic mass is 19.3. The zero-order valence-corrected chi connectivity index (χ0v) is 8.64. The van der Waals surface area contributed by atoms with Crippen LogP contribution in [0, 0.1) is 0 Å². The number of hydrogen-bond donors (Lipinski definition) is 1. The van der Waals surface area contributed by atoms with E-state index in [-0.39, 0.29) is 6.54 Å². The Morgan fingerprint density at radius 2 is 1.86 bits per heavy atom. The number of hydrogen-bond acceptors (Lipinski definition) is 2.